The predicted octanol–water partition coefficient (Wildman–Crippen LogP) is 1.66. The van der Waals surface area contributed by atoms with E-state index >= 15 is 0 Å². The largest absolute Gasteiger partial charge is 0.380 e. The van der Waals surface area contributed by atoms with E-state index in [-0.39, 0.29) is 0 Å². The molecule has 3 heterocycles. The van der Waals surface area contributed by atoms with Crippen molar-refractivity contribution in [3.63, 3.8) is 0 Å². The molecule has 0 bridgehead atoms. The number of alkyl halides is 1. The summed E-state index contributed by atoms with van der Waals surface area (Å²) in [7, 11) is 0. The summed E-state index contributed by atoms with van der Waals surface area (Å²) < 4.78 is 5.24. The molecule has 3 rings (SSSR count). The Bertz CT molecular complexity index is 371. The summed E-state index contributed by atoms with van der Waals surface area (Å²) in [6, 6.07) is 4.03. The van der Waals surface area contributed by atoms with E-state index in [1.807, 2.05) is 12.3 Å². The van der Waals surface area contributed by atoms with Gasteiger partial charge in [-0.05, 0) is 17.7 Å². The summed E-state index contributed by atoms with van der Waals surface area (Å²) in [5, 5.41) is 0. The summed E-state index contributed by atoms with van der Waals surface area (Å²) in [4.78, 5) is 6.65. The molecule has 2 aliphatic heterocycles. The van der Waals surface area contributed by atoms with Crippen LogP contribution in [0.3, 0.4) is 0 Å². The van der Waals surface area contributed by atoms with E-state index in [0.717, 1.165) is 37.7 Å². The fourth-order valence-corrected chi connectivity index (χ4v) is 2.38. The number of nitrogens with zero attached hydrogens (tertiary/aromatic N) is 2. The van der Waals surface area contributed by atoms with Gasteiger partial charge in [-0.15, -0.1) is 11.6 Å². The number of rotatable bonds is 2. The third kappa shape index (κ3) is 1.50. The number of anilines is 1. The van der Waals surface area contributed by atoms with Crippen molar-refractivity contribution in [2.45, 2.75) is 5.88 Å². The molecule has 15 heavy (non-hydrogen) atoms. The Hall–Kier alpha value is -0.800. The van der Waals surface area contributed by atoms with Crippen LogP contribution in [0.5, 0.6) is 0 Å². The minimum absolute atomic E-state index is 0.443. The highest BCUT2D eigenvalue weighted by Gasteiger charge is 2.49. The normalized spacial score (nSPS) is 22.3. The summed E-state index contributed by atoms with van der Waals surface area (Å²) in [6.45, 7) is 3.98. The third-order valence-electron chi connectivity index (χ3n) is 3.16. The van der Waals surface area contributed by atoms with Crippen molar-refractivity contribution in [2.24, 2.45) is 5.41 Å². The number of ether oxygens (including phenoxy) is 1. The van der Waals surface area contributed by atoms with Crippen molar-refractivity contribution < 1.29 is 4.74 Å². The molecule has 0 saturated carbocycles. The molecular formula is C11H13ClN2O. The molecule has 2 saturated heterocycles. The molecule has 80 valence electrons. The van der Waals surface area contributed by atoms with E-state index in [0.29, 0.717) is 11.3 Å². The van der Waals surface area contributed by atoms with Crippen LogP contribution >= 0.6 is 11.6 Å². The zero-order chi connectivity index (χ0) is 10.3. The van der Waals surface area contributed by atoms with Gasteiger partial charge in [0, 0.05) is 25.2 Å². The van der Waals surface area contributed by atoms with Gasteiger partial charge in [0.25, 0.3) is 0 Å². The zero-order valence-electron chi connectivity index (χ0n) is 8.45. The molecule has 1 spiro atoms. The summed E-state index contributed by atoms with van der Waals surface area (Å²) in [5.74, 6) is 1.60. The number of hydrogen-bond donors (Lipinski definition) is 0. The molecule has 0 radical (unpaired) electrons. The van der Waals surface area contributed by atoms with Crippen LogP contribution in [0.25, 0.3) is 0 Å². The molecule has 0 aromatic carbocycles. The van der Waals surface area contributed by atoms with Crippen LogP contribution in [0.4, 0.5) is 5.82 Å². The summed E-state index contributed by atoms with van der Waals surface area (Å²) in [6.07, 6.45) is 1.83. The standard InChI is InChI=1S/C11H13ClN2O/c12-4-9-1-2-13-10(3-9)14-5-11(6-14)7-15-8-11/h1-3H,4-8H2. The maximum atomic E-state index is 5.79. The van der Waals surface area contributed by atoms with Crippen LogP contribution < -0.4 is 4.90 Å². The first-order valence-corrected chi connectivity index (χ1v) is 5.68. The molecule has 1 aromatic rings. The third-order valence-corrected chi connectivity index (χ3v) is 3.47. The van der Waals surface area contributed by atoms with Gasteiger partial charge in [-0.1, -0.05) is 0 Å². The van der Waals surface area contributed by atoms with Gasteiger partial charge in [0.2, 0.25) is 0 Å². The minimum atomic E-state index is 0.443. The van der Waals surface area contributed by atoms with E-state index < -0.39 is 0 Å². The number of hydrogen-bond acceptors (Lipinski definition) is 3. The van der Waals surface area contributed by atoms with Gasteiger partial charge in [-0.2, -0.15) is 0 Å². The minimum Gasteiger partial charge on any atom is -0.380 e. The van der Waals surface area contributed by atoms with Crippen LogP contribution in [-0.2, 0) is 10.6 Å². The molecular weight excluding hydrogens is 212 g/mol. The van der Waals surface area contributed by atoms with Gasteiger partial charge >= 0.3 is 0 Å². The quantitative estimate of drug-likeness (QED) is 0.715. The highest BCUT2D eigenvalue weighted by molar-refractivity contribution is 6.17. The molecule has 1 aromatic heterocycles. The van der Waals surface area contributed by atoms with E-state index in [1.54, 1.807) is 0 Å². The van der Waals surface area contributed by atoms with Crippen LogP contribution in [0.15, 0.2) is 18.3 Å². The van der Waals surface area contributed by atoms with E-state index in [2.05, 4.69) is 16.0 Å². The molecule has 4 heteroatoms. The first-order valence-electron chi connectivity index (χ1n) is 5.15. The first-order chi connectivity index (χ1) is 7.31. The van der Waals surface area contributed by atoms with Crippen molar-refractivity contribution in [1.82, 2.24) is 4.98 Å². The lowest BCUT2D eigenvalue weighted by molar-refractivity contribution is -0.127. The Morgan fingerprint density at radius 2 is 2.27 bits per heavy atom. The maximum Gasteiger partial charge on any atom is 0.128 e. The number of halogens is 1. The lowest BCUT2D eigenvalue weighted by Gasteiger charge is -2.55. The molecule has 0 unspecified atom stereocenters. The van der Waals surface area contributed by atoms with Gasteiger partial charge in [0.15, 0.2) is 0 Å². The van der Waals surface area contributed by atoms with E-state index in [1.165, 1.54) is 0 Å². The Morgan fingerprint density at radius 1 is 1.47 bits per heavy atom. The lowest BCUT2D eigenvalue weighted by atomic mass is 9.78. The van der Waals surface area contributed by atoms with Crippen LogP contribution in [0.1, 0.15) is 5.56 Å². The Balaban J connectivity index is 1.72. The fraction of sp³-hybridized carbons (Fsp3) is 0.545. The average molecular weight is 225 g/mol. The Morgan fingerprint density at radius 3 is 2.87 bits per heavy atom. The monoisotopic (exact) mass is 224 g/mol. The van der Waals surface area contributed by atoms with Gasteiger partial charge < -0.3 is 9.64 Å². The molecule has 0 aliphatic carbocycles. The molecule has 0 atom stereocenters. The smallest absolute Gasteiger partial charge is 0.128 e. The van der Waals surface area contributed by atoms with Crippen LogP contribution in [0, 0.1) is 5.41 Å². The van der Waals surface area contributed by atoms with Crippen LogP contribution in [0.2, 0.25) is 0 Å². The molecule has 2 aliphatic rings. The van der Waals surface area contributed by atoms with Crippen molar-refractivity contribution in [3.8, 4) is 0 Å². The van der Waals surface area contributed by atoms with Crippen molar-refractivity contribution >= 4 is 17.4 Å². The predicted molar refractivity (Wildman–Crippen MR) is 59.3 cm³/mol. The van der Waals surface area contributed by atoms with Crippen molar-refractivity contribution in [2.75, 3.05) is 31.2 Å². The van der Waals surface area contributed by atoms with Gasteiger partial charge in [-0.3, -0.25) is 0 Å². The van der Waals surface area contributed by atoms with Gasteiger partial charge in [0.1, 0.15) is 5.82 Å². The highest BCUT2D eigenvalue weighted by atomic mass is 35.5. The van der Waals surface area contributed by atoms with Gasteiger partial charge in [-0.25, -0.2) is 4.98 Å². The van der Waals surface area contributed by atoms with E-state index in [4.69, 9.17) is 16.3 Å². The summed E-state index contributed by atoms with van der Waals surface area (Å²) >= 11 is 5.79. The second-order valence-corrected chi connectivity index (χ2v) is 4.77. The van der Waals surface area contributed by atoms with Crippen LogP contribution in [-0.4, -0.2) is 31.3 Å². The van der Waals surface area contributed by atoms with Crippen molar-refractivity contribution in [1.29, 1.82) is 0 Å². The average Bonchev–Trinajstić information content (AvgIpc) is 2.14. The molecule has 3 nitrogen and oxygen atoms in total. The second kappa shape index (κ2) is 3.35. The Labute approximate surface area is 94.0 Å². The molecule has 0 amide bonds. The van der Waals surface area contributed by atoms with Crippen molar-refractivity contribution in [3.05, 3.63) is 23.9 Å². The first kappa shape index (κ1) is 9.43. The fourth-order valence-electron chi connectivity index (χ4n) is 2.22. The maximum absolute atomic E-state index is 5.79. The summed E-state index contributed by atoms with van der Waals surface area (Å²) in [5.41, 5.74) is 1.58. The number of pyridine rings is 1. The Kier molecular flexibility index (Phi) is 2.11. The molecule has 0 N–H and O–H groups in total. The lowest BCUT2D eigenvalue weighted by Crippen LogP contribution is -2.66. The SMILES string of the molecule is ClCc1ccnc(N2CC3(COC3)C2)c1. The van der Waals surface area contributed by atoms with E-state index in [9.17, 15) is 0 Å². The topological polar surface area (TPSA) is 25.4 Å². The number of aromatic nitrogens is 1. The molecule has 2 fully saturated rings. The van der Waals surface area contributed by atoms with Gasteiger partial charge in [0.05, 0.1) is 18.6 Å². The highest BCUT2D eigenvalue weighted by Crippen LogP contribution is 2.39. The zero-order valence-corrected chi connectivity index (χ0v) is 9.20. The second-order valence-electron chi connectivity index (χ2n) is 4.50.